The zero-order valence-electron chi connectivity index (χ0n) is 16.0. The number of carbonyl (C=O) groups excluding carboxylic acids is 1. The third-order valence-corrected chi connectivity index (χ3v) is 9.84. The first-order valence-corrected chi connectivity index (χ1v) is 13.0. The summed E-state index contributed by atoms with van der Waals surface area (Å²) in [7, 11) is -4.05. The lowest BCUT2D eigenvalue weighted by Crippen LogP contribution is -2.41. The average molecular weight is 469 g/mol. The van der Waals surface area contributed by atoms with Crippen molar-refractivity contribution in [2.75, 3.05) is 43.1 Å². The Kier molecular flexibility index (Phi) is 6.69. The molecule has 0 aliphatic carbocycles. The van der Waals surface area contributed by atoms with Gasteiger partial charge in [0, 0.05) is 35.8 Å². The van der Waals surface area contributed by atoms with Crippen LogP contribution in [0.3, 0.4) is 0 Å². The molecule has 2 aliphatic heterocycles. The minimum Gasteiger partial charge on any atom is -0.379 e. The molecule has 4 rings (SSSR count). The highest BCUT2D eigenvalue weighted by Gasteiger charge is 2.30. The topological polar surface area (TPSA) is 75.7 Å². The molecule has 30 heavy (non-hydrogen) atoms. The summed E-state index contributed by atoms with van der Waals surface area (Å²) in [5.41, 5.74) is 1.82. The van der Waals surface area contributed by atoms with Crippen molar-refractivity contribution in [2.45, 2.75) is 9.48 Å². The molecule has 0 atom stereocenters. The Hall–Kier alpha value is -1.59. The maximum atomic E-state index is 14.4. The minimum atomic E-state index is -4.05. The molecule has 6 nitrogen and oxygen atoms in total. The van der Waals surface area contributed by atoms with Gasteiger partial charge in [0.25, 0.3) is 5.91 Å². The number of morpholine rings is 1. The van der Waals surface area contributed by atoms with Crippen molar-refractivity contribution < 1.29 is 22.3 Å². The molecule has 0 radical (unpaired) electrons. The first-order valence-electron chi connectivity index (χ1n) is 9.47. The largest absolute Gasteiger partial charge is 0.379 e. The summed E-state index contributed by atoms with van der Waals surface area (Å²) in [5.74, 6) is 0.830. The van der Waals surface area contributed by atoms with Gasteiger partial charge in [-0.1, -0.05) is 12.1 Å². The highest BCUT2D eigenvalue weighted by Crippen LogP contribution is 2.45. The molecule has 10 heteroatoms. The van der Waals surface area contributed by atoms with E-state index < -0.39 is 26.6 Å². The normalized spacial score (nSPS) is 18.4. The van der Waals surface area contributed by atoms with E-state index in [1.807, 2.05) is 41.7 Å². The average Bonchev–Trinajstić information content (AvgIpc) is 3.30. The summed E-state index contributed by atoms with van der Waals surface area (Å²) < 4.78 is 46.7. The number of hydrogen-bond donors (Lipinski definition) is 1. The number of benzene rings is 2. The molecule has 2 aliphatic rings. The number of nitrogens with zero attached hydrogens (tertiary/aromatic N) is 1. The molecule has 0 unspecified atom stereocenters. The third-order valence-electron chi connectivity index (χ3n) is 4.82. The lowest BCUT2D eigenvalue weighted by molar-refractivity contribution is 0.0729. The molecule has 2 aromatic rings. The van der Waals surface area contributed by atoms with E-state index in [4.69, 9.17) is 4.74 Å². The second-order valence-corrected chi connectivity index (χ2v) is 11.4. The van der Waals surface area contributed by atoms with Gasteiger partial charge in [0.05, 0.1) is 17.8 Å². The molecular weight excluding hydrogens is 447 g/mol. The number of nitrogens with one attached hydrogen (secondary N) is 1. The zero-order valence-corrected chi connectivity index (χ0v) is 18.5. The number of anilines is 1. The smallest absolute Gasteiger partial charge is 0.255 e. The van der Waals surface area contributed by atoms with Crippen LogP contribution < -0.4 is 5.32 Å². The second-order valence-electron chi connectivity index (χ2n) is 6.81. The van der Waals surface area contributed by atoms with Crippen LogP contribution in [0, 0.1) is 5.82 Å². The predicted octanol–water partition coefficient (Wildman–Crippen LogP) is 3.58. The molecule has 1 N–H and O–H groups in total. The quantitative estimate of drug-likeness (QED) is 0.723. The van der Waals surface area contributed by atoms with Gasteiger partial charge in [-0.3, -0.25) is 4.79 Å². The molecule has 2 aromatic carbocycles. The molecule has 2 fully saturated rings. The van der Waals surface area contributed by atoms with Gasteiger partial charge >= 0.3 is 0 Å². The fraction of sp³-hybridized carbons (Fsp3) is 0.350. The molecule has 160 valence electrons. The molecule has 2 saturated heterocycles. The van der Waals surface area contributed by atoms with Crippen LogP contribution in [-0.4, -0.2) is 56.4 Å². The van der Waals surface area contributed by atoms with Crippen LogP contribution in [-0.2, 0) is 14.8 Å². The number of sulfonamides is 1. The summed E-state index contributed by atoms with van der Waals surface area (Å²) >= 11 is 3.74. The first kappa shape index (κ1) is 21.6. The molecule has 0 saturated carbocycles. The van der Waals surface area contributed by atoms with Crippen LogP contribution >= 0.6 is 23.5 Å². The summed E-state index contributed by atoms with van der Waals surface area (Å²) in [6, 6.07) is 11.0. The Bertz CT molecular complexity index is 1040. The Morgan fingerprint density at radius 3 is 2.57 bits per heavy atom. The van der Waals surface area contributed by atoms with E-state index in [-0.39, 0.29) is 31.9 Å². The summed E-state index contributed by atoms with van der Waals surface area (Å²) in [6.07, 6.45) is 0. The fourth-order valence-corrected chi connectivity index (χ4v) is 7.62. The number of hydrogen-bond acceptors (Lipinski definition) is 6. The van der Waals surface area contributed by atoms with Crippen molar-refractivity contribution in [1.82, 2.24) is 4.31 Å². The van der Waals surface area contributed by atoms with Crippen molar-refractivity contribution in [3.8, 4) is 0 Å². The van der Waals surface area contributed by atoms with Gasteiger partial charge < -0.3 is 10.1 Å². The van der Waals surface area contributed by atoms with Crippen LogP contribution in [0.15, 0.2) is 47.4 Å². The van der Waals surface area contributed by atoms with E-state index in [9.17, 15) is 17.6 Å². The van der Waals surface area contributed by atoms with E-state index in [0.717, 1.165) is 29.2 Å². The van der Waals surface area contributed by atoms with Crippen molar-refractivity contribution in [3.05, 3.63) is 59.4 Å². The lowest BCUT2D eigenvalue weighted by atomic mass is 10.2. The van der Waals surface area contributed by atoms with Gasteiger partial charge in [0.1, 0.15) is 10.7 Å². The van der Waals surface area contributed by atoms with Crippen molar-refractivity contribution in [2.24, 2.45) is 0 Å². The summed E-state index contributed by atoms with van der Waals surface area (Å²) in [6.45, 7) is 0.828. The molecule has 1 amide bonds. The highest BCUT2D eigenvalue weighted by molar-refractivity contribution is 8.19. The highest BCUT2D eigenvalue weighted by atomic mass is 32.2. The standard InChI is InChI=1S/C20H21FN2O4S3/c21-17-5-4-14(13-18(17)30(25,26)23-6-8-27-9-7-23)19(24)22-16-3-1-2-15(12-16)20-28-10-11-29-20/h1-5,12-13,20H,6-11H2,(H,22,24). The predicted molar refractivity (Wildman–Crippen MR) is 118 cm³/mol. The number of halogens is 1. The van der Waals surface area contributed by atoms with Crippen LogP contribution in [0.4, 0.5) is 10.1 Å². The van der Waals surface area contributed by atoms with Crippen LogP contribution in [0.1, 0.15) is 20.5 Å². The number of ether oxygens (including phenoxy) is 1. The van der Waals surface area contributed by atoms with Gasteiger partial charge in [-0.25, -0.2) is 12.8 Å². The van der Waals surface area contributed by atoms with Crippen molar-refractivity contribution >= 4 is 45.1 Å². The van der Waals surface area contributed by atoms with Gasteiger partial charge in [-0.2, -0.15) is 4.31 Å². The maximum Gasteiger partial charge on any atom is 0.255 e. The Labute approximate surface area is 183 Å². The SMILES string of the molecule is O=C(Nc1cccc(C2SCCS2)c1)c1ccc(F)c(S(=O)(=O)N2CCOCC2)c1. The van der Waals surface area contributed by atoms with E-state index in [0.29, 0.717) is 10.3 Å². The van der Waals surface area contributed by atoms with Crippen molar-refractivity contribution in [3.63, 3.8) is 0 Å². The van der Waals surface area contributed by atoms with E-state index in [2.05, 4.69) is 5.32 Å². The van der Waals surface area contributed by atoms with Gasteiger partial charge in [0.2, 0.25) is 10.0 Å². The maximum absolute atomic E-state index is 14.4. The van der Waals surface area contributed by atoms with E-state index >= 15 is 0 Å². The number of carbonyl (C=O) groups is 1. The second kappa shape index (κ2) is 9.27. The Balaban J connectivity index is 1.55. The van der Waals surface area contributed by atoms with Crippen molar-refractivity contribution in [1.29, 1.82) is 0 Å². The van der Waals surface area contributed by atoms with Gasteiger partial charge in [0.15, 0.2) is 0 Å². The fourth-order valence-electron chi connectivity index (χ4n) is 3.29. The Morgan fingerprint density at radius 1 is 1.10 bits per heavy atom. The van der Waals surface area contributed by atoms with Gasteiger partial charge in [-0.15, -0.1) is 23.5 Å². The van der Waals surface area contributed by atoms with Crippen LogP contribution in [0.2, 0.25) is 0 Å². The Morgan fingerprint density at radius 2 is 1.83 bits per heavy atom. The molecular formula is C20H21FN2O4S3. The third kappa shape index (κ3) is 4.67. The van der Waals surface area contributed by atoms with Gasteiger partial charge in [-0.05, 0) is 35.9 Å². The summed E-state index contributed by atoms with van der Waals surface area (Å²) in [5, 5.41) is 2.79. The number of amides is 1. The monoisotopic (exact) mass is 468 g/mol. The molecule has 2 heterocycles. The summed E-state index contributed by atoms with van der Waals surface area (Å²) in [4.78, 5) is 12.2. The molecule has 0 bridgehead atoms. The first-order chi connectivity index (χ1) is 14.4. The lowest BCUT2D eigenvalue weighted by Gasteiger charge is -2.26. The van der Waals surface area contributed by atoms with E-state index in [1.54, 1.807) is 6.07 Å². The molecule has 0 spiro atoms. The van der Waals surface area contributed by atoms with E-state index in [1.165, 1.54) is 10.4 Å². The van der Waals surface area contributed by atoms with Crippen LogP contribution in [0.5, 0.6) is 0 Å². The minimum absolute atomic E-state index is 0.0817. The zero-order chi connectivity index (χ0) is 21.1. The number of thioether (sulfide) groups is 2. The number of rotatable bonds is 5. The molecule has 0 aromatic heterocycles. The van der Waals surface area contributed by atoms with Crippen LogP contribution in [0.25, 0.3) is 0 Å².